The fraction of sp³-hybridized carbons (Fsp3) is 0.455. The van der Waals surface area contributed by atoms with Gasteiger partial charge in [0.1, 0.15) is 12.4 Å². The van der Waals surface area contributed by atoms with Crippen LogP contribution in [-0.4, -0.2) is 37.7 Å². The second kappa shape index (κ2) is 12.4. The molecule has 0 saturated carbocycles. The van der Waals surface area contributed by atoms with Crippen LogP contribution in [0.4, 0.5) is 4.39 Å². The number of nitrogens with one attached hydrogen (secondary N) is 1. The molecule has 0 unspecified atom stereocenters. The largest absolute Gasteiger partial charge is 0.490 e. The SMILES string of the molecule is CCOc1cc(CNCCN(CC)CC)cc(Br)c1OCc1c(F)cccc1Cl. The number of ether oxygens (including phenoxy) is 2. The minimum atomic E-state index is -0.388. The number of nitrogens with zero attached hydrogens (tertiary/aromatic N) is 1. The molecule has 0 aliphatic heterocycles. The summed E-state index contributed by atoms with van der Waals surface area (Å²) in [5, 5.41) is 3.80. The van der Waals surface area contributed by atoms with Crippen molar-refractivity contribution in [3.63, 3.8) is 0 Å². The number of rotatable bonds is 12. The van der Waals surface area contributed by atoms with Gasteiger partial charge in [0.2, 0.25) is 0 Å². The van der Waals surface area contributed by atoms with Crippen LogP contribution in [0.15, 0.2) is 34.8 Å². The maximum Gasteiger partial charge on any atom is 0.175 e. The van der Waals surface area contributed by atoms with Crippen LogP contribution in [0, 0.1) is 5.82 Å². The molecule has 160 valence electrons. The Morgan fingerprint density at radius 1 is 1.14 bits per heavy atom. The summed E-state index contributed by atoms with van der Waals surface area (Å²) >= 11 is 9.67. The van der Waals surface area contributed by atoms with Crippen molar-refractivity contribution in [2.45, 2.75) is 33.9 Å². The zero-order chi connectivity index (χ0) is 21.2. The van der Waals surface area contributed by atoms with Gasteiger partial charge in [-0.05, 0) is 65.8 Å². The Balaban J connectivity index is 2.07. The van der Waals surface area contributed by atoms with Crippen molar-refractivity contribution >= 4 is 27.5 Å². The first kappa shape index (κ1) is 23.9. The van der Waals surface area contributed by atoms with E-state index in [2.05, 4.69) is 40.0 Å². The molecule has 2 rings (SSSR count). The molecule has 0 saturated heterocycles. The summed E-state index contributed by atoms with van der Waals surface area (Å²) in [5.74, 6) is 0.772. The smallest absolute Gasteiger partial charge is 0.175 e. The highest BCUT2D eigenvalue weighted by Crippen LogP contribution is 2.38. The molecular weight excluding hydrogens is 459 g/mol. The first-order chi connectivity index (χ1) is 14.0. The normalized spacial score (nSPS) is 11.1. The topological polar surface area (TPSA) is 33.7 Å². The van der Waals surface area contributed by atoms with Crippen LogP contribution >= 0.6 is 27.5 Å². The third-order valence-corrected chi connectivity index (χ3v) is 5.56. The number of benzene rings is 2. The van der Waals surface area contributed by atoms with E-state index >= 15 is 0 Å². The van der Waals surface area contributed by atoms with Crippen LogP contribution in [0.2, 0.25) is 5.02 Å². The second-order valence-corrected chi connectivity index (χ2v) is 7.79. The minimum absolute atomic E-state index is 0.0195. The molecule has 0 radical (unpaired) electrons. The maximum atomic E-state index is 14.0. The van der Waals surface area contributed by atoms with Gasteiger partial charge >= 0.3 is 0 Å². The molecule has 0 atom stereocenters. The van der Waals surface area contributed by atoms with Gasteiger partial charge in [0.15, 0.2) is 11.5 Å². The Morgan fingerprint density at radius 3 is 2.55 bits per heavy atom. The zero-order valence-corrected chi connectivity index (χ0v) is 19.6. The number of hydrogen-bond donors (Lipinski definition) is 1. The lowest BCUT2D eigenvalue weighted by molar-refractivity contribution is 0.264. The number of likely N-dealkylation sites (N-methyl/N-ethyl adjacent to an activating group) is 1. The molecule has 29 heavy (non-hydrogen) atoms. The highest BCUT2D eigenvalue weighted by molar-refractivity contribution is 9.10. The summed E-state index contributed by atoms with van der Waals surface area (Å²) in [6.07, 6.45) is 0. The average Bonchev–Trinajstić information content (AvgIpc) is 2.69. The van der Waals surface area contributed by atoms with Crippen molar-refractivity contribution in [3.05, 3.63) is 56.8 Å². The maximum absolute atomic E-state index is 14.0. The molecule has 0 fully saturated rings. The van der Waals surface area contributed by atoms with E-state index in [0.717, 1.165) is 42.8 Å². The third kappa shape index (κ3) is 7.14. The van der Waals surface area contributed by atoms with Crippen molar-refractivity contribution in [2.75, 3.05) is 32.8 Å². The van der Waals surface area contributed by atoms with Gasteiger partial charge in [0.05, 0.1) is 16.1 Å². The number of halogens is 3. The highest BCUT2D eigenvalue weighted by Gasteiger charge is 2.15. The van der Waals surface area contributed by atoms with Crippen LogP contribution in [-0.2, 0) is 13.2 Å². The van der Waals surface area contributed by atoms with Crippen molar-refractivity contribution in [2.24, 2.45) is 0 Å². The van der Waals surface area contributed by atoms with E-state index in [9.17, 15) is 4.39 Å². The standard InChI is InChI=1S/C22H29BrClFN2O2/c1-4-27(5-2)11-10-26-14-16-12-18(23)22(21(13-16)28-6-3)29-15-17-19(24)8-7-9-20(17)25/h7-9,12-13,26H,4-6,10-11,14-15H2,1-3H3. The zero-order valence-electron chi connectivity index (χ0n) is 17.2. The van der Waals surface area contributed by atoms with Gasteiger partial charge in [-0.1, -0.05) is 31.5 Å². The third-order valence-electron chi connectivity index (χ3n) is 4.62. The van der Waals surface area contributed by atoms with Crippen LogP contribution in [0.3, 0.4) is 0 Å². The molecule has 4 nitrogen and oxygen atoms in total. The molecule has 0 heterocycles. The van der Waals surface area contributed by atoms with Crippen LogP contribution < -0.4 is 14.8 Å². The Kier molecular flexibility index (Phi) is 10.2. The molecule has 2 aromatic rings. The van der Waals surface area contributed by atoms with Crippen molar-refractivity contribution < 1.29 is 13.9 Å². The van der Waals surface area contributed by atoms with E-state index in [0.29, 0.717) is 28.7 Å². The van der Waals surface area contributed by atoms with Crippen LogP contribution in [0.1, 0.15) is 31.9 Å². The highest BCUT2D eigenvalue weighted by atomic mass is 79.9. The second-order valence-electron chi connectivity index (χ2n) is 6.53. The van der Waals surface area contributed by atoms with E-state index in [1.165, 1.54) is 6.07 Å². The van der Waals surface area contributed by atoms with Gasteiger partial charge < -0.3 is 19.7 Å². The lowest BCUT2D eigenvalue weighted by Crippen LogP contribution is -2.31. The van der Waals surface area contributed by atoms with Crippen LogP contribution in [0.25, 0.3) is 0 Å². The first-order valence-corrected chi connectivity index (χ1v) is 11.1. The molecular formula is C22H29BrClFN2O2. The fourth-order valence-electron chi connectivity index (χ4n) is 2.95. The molecule has 2 aromatic carbocycles. The van der Waals surface area contributed by atoms with Gasteiger partial charge in [0.25, 0.3) is 0 Å². The van der Waals surface area contributed by atoms with Crippen molar-refractivity contribution in [3.8, 4) is 11.5 Å². The van der Waals surface area contributed by atoms with E-state index in [-0.39, 0.29) is 12.4 Å². The van der Waals surface area contributed by atoms with Gasteiger partial charge in [-0.25, -0.2) is 4.39 Å². The summed E-state index contributed by atoms with van der Waals surface area (Å²) in [7, 11) is 0. The summed E-state index contributed by atoms with van der Waals surface area (Å²) in [6.45, 7) is 11.5. The van der Waals surface area contributed by atoms with E-state index in [1.54, 1.807) is 12.1 Å². The van der Waals surface area contributed by atoms with Gasteiger partial charge in [-0.15, -0.1) is 0 Å². The quantitative estimate of drug-likeness (QED) is 0.392. The van der Waals surface area contributed by atoms with Crippen molar-refractivity contribution in [1.29, 1.82) is 0 Å². The summed E-state index contributed by atoms with van der Waals surface area (Å²) in [6, 6.07) is 8.54. The monoisotopic (exact) mass is 486 g/mol. The van der Waals surface area contributed by atoms with Gasteiger partial charge in [-0.3, -0.25) is 0 Å². The summed E-state index contributed by atoms with van der Waals surface area (Å²) in [5.41, 5.74) is 1.40. The van der Waals surface area contributed by atoms with E-state index in [4.69, 9.17) is 21.1 Å². The number of hydrogen-bond acceptors (Lipinski definition) is 4. The molecule has 7 heteroatoms. The molecule has 0 spiro atoms. The minimum Gasteiger partial charge on any atom is -0.490 e. The van der Waals surface area contributed by atoms with Crippen molar-refractivity contribution in [1.82, 2.24) is 10.2 Å². The molecule has 1 N–H and O–H groups in total. The Bertz CT molecular complexity index is 767. The predicted octanol–water partition coefficient (Wildman–Crippen LogP) is 5.65. The summed E-state index contributed by atoms with van der Waals surface area (Å²) < 4.78 is 26.4. The Hall–Kier alpha value is -1.34. The molecule has 0 bridgehead atoms. The molecule has 0 aliphatic rings. The Labute approximate surface area is 186 Å². The predicted molar refractivity (Wildman–Crippen MR) is 121 cm³/mol. The lowest BCUT2D eigenvalue weighted by atomic mass is 10.2. The van der Waals surface area contributed by atoms with E-state index < -0.39 is 0 Å². The molecule has 0 aromatic heterocycles. The average molecular weight is 488 g/mol. The lowest BCUT2D eigenvalue weighted by Gasteiger charge is -2.19. The van der Waals surface area contributed by atoms with Gasteiger partial charge in [0, 0.05) is 25.2 Å². The van der Waals surface area contributed by atoms with E-state index in [1.807, 2.05) is 19.1 Å². The van der Waals surface area contributed by atoms with Gasteiger partial charge in [-0.2, -0.15) is 0 Å². The fourth-order valence-corrected chi connectivity index (χ4v) is 3.77. The molecule has 0 aliphatic carbocycles. The first-order valence-electron chi connectivity index (χ1n) is 9.94. The Morgan fingerprint density at radius 2 is 1.90 bits per heavy atom. The molecule has 0 amide bonds. The summed E-state index contributed by atoms with van der Waals surface area (Å²) in [4.78, 5) is 2.37. The van der Waals surface area contributed by atoms with Crippen LogP contribution in [0.5, 0.6) is 11.5 Å².